The lowest BCUT2D eigenvalue weighted by molar-refractivity contribution is -0.135. The third-order valence-corrected chi connectivity index (χ3v) is 6.13. The van der Waals surface area contributed by atoms with Crippen LogP contribution >= 0.6 is 0 Å². The van der Waals surface area contributed by atoms with Gasteiger partial charge >= 0.3 is 13.2 Å². The fourth-order valence-corrected chi connectivity index (χ4v) is 3.58. The number of hydrogen-bond donors (Lipinski definition) is 1. The lowest BCUT2D eigenvalue weighted by Gasteiger charge is -2.39. The molecule has 9 heteroatoms. The minimum atomic E-state index is -0.553. The topological polar surface area (TPSA) is 86.3 Å². The molecule has 2 fully saturated rings. The van der Waals surface area contributed by atoms with E-state index in [4.69, 9.17) is 18.8 Å². The number of methoxy groups -OCH3 is 1. The molecule has 3 rings (SSSR count). The Hall–Kier alpha value is -2.26. The second-order valence-electron chi connectivity index (χ2n) is 10.5. The molecule has 0 aliphatic carbocycles. The van der Waals surface area contributed by atoms with E-state index >= 15 is 0 Å². The van der Waals surface area contributed by atoms with Crippen molar-refractivity contribution in [3.63, 3.8) is 0 Å². The van der Waals surface area contributed by atoms with Gasteiger partial charge in [-0.3, -0.25) is 4.79 Å². The minimum Gasteiger partial charge on any atom is -0.496 e. The average Bonchev–Trinajstić information content (AvgIpc) is 2.83. The van der Waals surface area contributed by atoms with Crippen molar-refractivity contribution >= 4 is 24.6 Å². The SMILES string of the molecule is COc1ccc(B2OC(C)(C)C(C)(C)O2)cc1CC(=O)N1CC(NC(=O)OC(C)(C)C)C1. The molecule has 0 aromatic heterocycles. The molecule has 1 aromatic carbocycles. The number of nitrogens with zero attached hydrogens (tertiary/aromatic N) is 1. The minimum absolute atomic E-state index is 0.0309. The summed E-state index contributed by atoms with van der Waals surface area (Å²) in [6.45, 7) is 14.4. The number of ether oxygens (including phenoxy) is 2. The van der Waals surface area contributed by atoms with E-state index in [9.17, 15) is 9.59 Å². The fourth-order valence-electron chi connectivity index (χ4n) is 3.58. The van der Waals surface area contributed by atoms with Crippen LogP contribution in [0.15, 0.2) is 18.2 Å². The number of hydrogen-bond acceptors (Lipinski definition) is 6. The Morgan fingerprint density at radius 3 is 2.28 bits per heavy atom. The van der Waals surface area contributed by atoms with Crippen LogP contribution in [0.3, 0.4) is 0 Å². The summed E-state index contributed by atoms with van der Waals surface area (Å²) in [5, 5.41) is 2.79. The lowest BCUT2D eigenvalue weighted by atomic mass is 9.78. The number of rotatable bonds is 5. The fraction of sp³-hybridized carbons (Fsp3) is 0.652. The second-order valence-corrected chi connectivity index (χ2v) is 10.5. The molecule has 176 valence electrons. The molecule has 1 N–H and O–H groups in total. The van der Waals surface area contributed by atoms with E-state index in [1.165, 1.54) is 0 Å². The van der Waals surface area contributed by atoms with Gasteiger partial charge in [0.25, 0.3) is 0 Å². The Labute approximate surface area is 191 Å². The van der Waals surface area contributed by atoms with Gasteiger partial charge in [-0.25, -0.2) is 4.79 Å². The molecule has 2 aliphatic heterocycles. The Morgan fingerprint density at radius 2 is 1.75 bits per heavy atom. The molecule has 2 amide bonds. The van der Waals surface area contributed by atoms with Crippen molar-refractivity contribution in [2.45, 2.75) is 77.7 Å². The van der Waals surface area contributed by atoms with Crippen molar-refractivity contribution < 1.29 is 28.4 Å². The number of carbonyl (C=O) groups excluding carboxylic acids is 2. The molecular formula is C23H35BN2O6. The largest absolute Gasteiger partial charge is 0.496 e. The third kappa shape index (κ3) is 5.38. The Morgan fingerprint density at radius 1 is 1.16 bits per heavy atom. The van der Waals surface area contributed by atoms with Crippen molar-refractivity contribution in [2.24, 2.45) is 0 Å². The zero-order chi connectivity index (χ0) is 23.9. The molecular weight excluding hydrogens is 411 g/mol. The summed E-state index contributed by atoms with van der Waals surface area (Å²) in [4.78, 5) is 26.4. The number of carbonyl (C=O) groups is 2. The standard InChI is InChI=1S/C23H35BN2O6/c1-21(2,3)30-20(28)25-17-13-26(14-17)19(27)12-15-11-16(9-10-18(15)29-8)24-31-22(4,5)23(6,7)32-24/h9-11,17H,12-14H2,1-8H3,(H,25,28). The quantitative estimate of drug-likeness (QED) is 0.699. The smallest absolute Gasteiger partial charge is 0.494 e. The van der Waals surface area contributed by atoms with Gasteiger partial charge in [0.05, 0.1) is 30.8 Å². The number of benzene rings is 1. The molecule has 0 unspecified atom stereocenters. The maximum Gasteiger partial charge on any atom is 0.494 e. The highest BCUT2D eigenvalue weighted by Crippen LogP contribution is 2.36. The number of alkyl carbamates (subject to hydrolysis) is 1. The first kappa shape index (κ1) is 24.4. The Kier molecular flexibility index (Phi) is 6.55. The van der Waals surface area contributed by atoms with Crippen LogP contribution in [-0.4, -0.2) is 67.1 Å². The summed E-state index contributed by atoms with van der Waals surface area (Å²) in [6.07, 6.45) is -0.276. The molecule has 2 saturated heterocycles. The van der Waals surface area contributed by atoms with Crippen molar-refractivity contribution in [3.8, 4) is 5.75 Å². The Balaban J connectivity index is 1.61. The summed E-state index contributed by atoms with van der Waals surface area (Å²) >= 11 is 0. The molecule has 0 bridgehead atoms. The first-order valence-corrected chi connectivity index (χ1v) is 11.0. The van der Waals surface area contributed by atoms with Gasteiger partial charge in [-0.1, -0.05) is 12.1 Å². The predicted octanol–water partition coefficient (Wildman–Crippen LogP) is 2.27. The number of amides is 2. The molecule has 2 heterocycles. The van der Waals surface area contributed by atoms with E-state index in [1.807, 2.05) is 66.7 Å². The molecule has 1 aromatic rings. The summed E-state index contributed by atoms with van der Waals surface area (Å²) in [5.41, 5.74) is 0.179. The van der Waals surface area contributed by atoms with Crippen LogP contribution in [0.4, 0.5) is 4.79 Å². The summed E-state index contributed by atoms with van der Waals surface area (Å²) in [6, 6.07) is 5.55. The lowest BCUT2D eigenvalue weighted by Crippen LogP contribution is -2.61. The third-order valence-electron chi connectivity index (χ3n) is 6.13. The molecule has 0 spiro atoms. The number of nitrogens with one attached hydrogen (secondary N) is 1. The van der Waals surface area contributed by atoms with Crippen LogP contribution < -0.4 is 15.5 Å². The van der Waals surface area contributed by atoms with Crippen LogP contribution in [0.1, 0.15) is 54.0 Å². The van der Waals surface area contributed by atoms with Crippen LogP contribution in [0.25, 0.3) is 0 Å². The summed E-state index contributed by atoms with van der Waals surface area (Å²) < 4.78 is 23.0. The molecule has 0 radical (unpaired) electrons. The number of likely N-dealkylation sites (tertiary alicyclic amines) is 1. The average molecular weight is 446 g/mol. The van der Waals surface area contributed by atoms with Crippen molar-refractivity contribution in [3.05, 3.63) is 23.8 Å². The summed E-state index contributed by atoms with van der Waals surface area (Å²) in [7, 11) is 1.08. The van der Waals surface area contributed by atoms with Crippen LogP contribution in [0.2, 0.25) is 0 Å². The Bertz CT molecular complexity index is 858. The van der Waals surface area contributed by atoms with Gasteiger partial charge in [-0.2, -0.15) is 0 Å². The van der Waals surface area contributed by atoms with Gasteiger partial charge in [0.1, 0.15) is 11.4 Å². The van der Waals surface area contributed by atoms with E-state index in [2.05, 4.69) is 5.32 Å². The van der Waals surface area contributed by atoms with Crippen LogP contribution in [-0.2, 0) is 25.3 Å². The highest BCUT2D eigenvalue weighted by molar-refractivity contribution is 6.62. The zero-order valence-electron chi connectivity index (χ0n) is 20.4. The molecule has 2 aliphatic rings. The predicted molar refractivity (Wildman–Crippen MR) is 122 cm³/mol. The van der Waals surface area contributed by atoms with E-state index in [0.29, 0.717) is 18.8 Å². The van der Waals surface area contributed by atoms with Gasteiger partial charge in [-0.05, 0) is 60.0 Å². The first-order chi connectivity index (χ1) is 14.7. The molecule has 8 nitrogen and oxygen atoms in total. The van der Waals surface area contributed by atoms with Gasteiger partial charge in [-0.15, -0.1) is 0 Å². The van der Waals surface area contributed by atoms with Crippen LogP contribution in [0, 0.1) is 0 Å². The van der Waals surface area contributed by atoms with Crippen molar-refractivity contribution in [1.82, 2.24) is 10.2 Å². The van der Waals surface area contributed by atoms with E-state index in [-0.39, 0.29) is 18.4 Å². The van der Waals surface area contributed by atoms with Gasteiger partial charge < -0.3 is 29.0 Å². The van der Waals surface area contributed by atoms with Crippen molar-refractivity contribution in [2.75, 3.05) is 20.2 Å². The van der Waals surface area contributed by atoms with E-state index in [1.54, 1.807) is 12.0 Å². The molecule has 0 atom stereocenters. The van der Waals surface area contributed by atoms with E-state index in [0.717, 1.165) is 11.0 Å². The highest BCUT2D eigenvalue weighted by atomic mass is 16.7. The second kappa shape index (κ2) is 8.59. The maximum absolute atomic E-state index is 12.8. The highest BCUT2D eigenvalue weighted by Gasteiger charge is 2.51. The van der Waals surface area contributed by atoms with Gasteiger partial charge in [0.2, 0.25) is 5.91 Å². The van der Waals surface area contributed by atoms with Crippen LogP contribution in [0.5, 0.6) is 5.75 Å². The summed E-state index contributed by atoms with van der Waals surface area (Å²) in [5.74, 6) is 0.610. The first-order valence-electron chi connectivity index (χ1n) is 11.0. The molecule has 32 heavy (non-hydrogen) atoms. The van der Waals surface area contributed by atoms with Gasteiger partial charge in [0, 0.05) is 18.7 Å². The maximum atomic E-state index is 12.8. The van der Waals surface area contributed by atoms with Gasteiger partial charge in [0.15, 0.2) is 0 Å². The monoisotopic (exact) mass is 446 g/mol. The zero-order valence-corrected chi connectivity index (χ0v) is 20.4. The normalized spacial score (nSPS) is 20.0. The van der Waals surface area contributed by atoms with Crippen molar-refractivity contribution in [1.29, 1.82) is 0 Å². The molecule has 0 saturated carbocycles. The van der Waals surface area contributed by atoms with E-state index < -0.39 is 30.0 Å².